The van der Waals surface area contributed by atoms with Crippen molar-refractivity contribution in [2.45, 2.75) is 78.4 Å². The summed E-state index contributed by atoms with van der Waals surface area (Å²) < 4.78 is 40.0. The van der Waals surface area contributed by atoms with Crippen LogP contribution in [-0.4, -0.2) is 52.3 Å². The third kappa shape index (κ3) is 5.71. The Morgan fingerprint density at radius 3 is 2.30 bits per heavy atom. The minimum atomic E-state index is -2.62. The van der Waals surface area contributed by atoms with E-state index in [1.807, 2.05) is 17.0 Å². The highest BCUT2D eigenvalue weighted by Crippen LogP contribution is 2.66. The third-order valence-electron chi connectivity index (χ3n) is 7.09. The summed E-state index contributed by atoms with van der Waals surface area (Å²) >= 11 is 0. The molecule has 0 aromatic carbocycles. The number of piperidine rings is 1. The molecule has 1 aliphatic heterocycles. The van der Waals surface area contributed by atoms with E-state index < -0.39 is 29.0 Å². The summed E-state index contributed by atoms with van der Waals surface area (Å²) in [7, 11) is 0. The van der Waals surface area contributed by atoms with Gasteiger partial charge in [-0.25, -0.2) is 13.6 Å². The van der Waals surface area contributed by atoms with Gasteiger partial charge in [-0.3, -0.25) is 9.97 Å². The van der Waals surface area contributed by atoms with Crippen LogP contribution in [0.2, 0.25) is 0 Å². The Morgan fingerprint density at radius 2 is 1.81 bits per heavy atom. The molecule has 202 valence electrons. The summed E-state index contributed by atoms with van der Waals surface area (Å²) in [4.78, 5) is 23.6. The summed E-state index contributed by atoms with van der Waals surface area (Å²) in [6, 6.07) is 3.64. The Bertz CT molecular complexity index is 1140. The number of carboxylic acid groups (broad SMARTS) is 1. The number of hydrogen-bond donors (Lipinski definition) is 1. The van der Waals surface area contributed by atoms with Crippen molar-refractivity contribution in [3.05, 3.63) is 35.8 Å². The van der Waals surface area contributed by atoms with Crippen LogP contribution < -0.4 is 9.64 Å². The van der Waals surface area contributed by atoms with Crippen molar-refractivity contribution in [1.82, 2.24) is 9.97 Å². The molecule has 9 heteroatoms. The van der Waals surface area contributed by atoms with Gasteiger partial charge in [-0.2, -0.15) is 0 Å². The number of carboxylic acids is 1. The molecular formula is C28H37F2N3O4. The number of ether oxygens (including phenoxy) is 2. The lowest BCUT2D eigenvalue weighted by atomic mass is 9.90. The zero-order valence-corrected chi connectivity index (χ0v) is 22.5. The van der Waals surface area contributed by atoms with Gasteiger partial charge in [0.1, 0.15) is 5.75 Å². The molecule has 1 aliphatic carbocycles. The number of aromatic nitrogens is 2. The summed E-state index contributed by atoms with van der Waals surface area (Å²) in [6.45, 7) is 12.6. The third-order valence-corrected chi connectivity index (χ3v) is 7.09. The van der Waals surface area contributed by atoms with Crippen LogP contribution in [0.1, 0.15) is 71.2 Å². The van der Waals surface area contributed by atoms with Gasteiger partial charge in [0.2, 0.25) is 0 Å². The molecule has 3 heterocycles. The van der Waals surface area contributed by atoms with Crippen LogP contribution in [-0.2, 0) is 9.53 Å². The second-order valence-corrected chi connectivity index (χ2v) is 11.7. The molecule has 1 atom stereocenters. The van der Waals surface area contributed by atoms with Crippen LogP contribution in [0.4, 0.5) is 14.5 Å². The Morgan fingerprint density at radius 1 is 1.16 bits per heavy atom. The van der Waals surface area contributed by atoms with Crippen molar-refractivity contribution < 1.29 is 28.2 Å². The highest BCUT2D eigenvalue weighted by Gasteiger charge is 2.70. The van der Waals surface area contributed by atoms with Crippen LogP contribution >= 0.6 is 0 Å². The minimum absolute atomic E-state index is 0.0762. The van der Waals surface area contributed by atoms with E-state index in [4.69, 9.17) is 9.47 Å². The van der Waals surface area contributed by atoms with Crippen LogP contribution in [0.15, 0.2) is 24.5 Å². The number of rotatable bonds is 8. The molecule has 1 N–H and O–H groups in total. The topological polar surface area (TPSA) is 84.8 Å². The van der Waals surface area contributed by atoms with Crippen LogP contribution in [0.3, 0.4) is 0 Å². The molecule has 1 saturated carbocycles. The molecule has 0 radical (unpaired) electrons. The van der Waals surface area contributed by atoms with E-state index in [-0.39, 0.29) is 6.42 Å². The van der Waals surface area contributed by atoms with Gasteiger partial charge < -0.3 is 19.5 Å². The maximum absolute atomic E-state index is 14.1. The fourth-order valence-electron chi connectivity index (χ4n) is 5.01. The lowest BCUT2D eigenvalue weighted by Crippen LogP contribution is -2.38. The summed E-state index contributed by atoms with van der Waals surface area (Å²) in [5.74, 6) is -2.75. The first-order valence-corrected chi connectivity index (χ1v) is 12.9. The lowest BCUT2D eigenvalue weighted by Gasteiger charge is -2.38. The van der Waals surface area contributed by atoms with Crippen LogP contribution in [0.25, 0.3) is 11.3 Å². The smallest absolute Gasteiger partial charge is 0.337 e. The van der Waals surface area contributed by atoms with E-state index in [9.17, 15) is 18.7 Å². The quantitative estimate of drug-likeness (QED) is 0.456. The van der Waals surface area contributed by atoms with Gasteiger partial charge in [0.25, 0.3) is 5.92 Å². The van der Waals surface area contributed by atoms with Gasteiger partial charge in [0, 0.05) is 47.9 Å². The molecule has 7 nitrogen and oxygen atoms in total. The van der Waals surface area contributed by atoms with Crippen LogP contribution in [0, 0.1) is 18.3 Å². The van der Waals surface area contributed by atoms with Gasteiger partial charge in [0.15, 0.2) is 6.10 Å². The summed E-state index contributed by atoms with van der Waals surface area (Å²) in [5.41, 5.74) is 1.14. The Kier molecular flexibility index (Phi) is 7.22. The molecule has 0 bridgehead atoms. The van der Waals surface area contributed by atoms with Crippen molar-refractivity contribution in [3.63, 3.8) is 0 Å². The number of halogens is 2. The van der Waals surface area contributed by atoms with Crippen molar-refractivity contribution in [2.75, 3.05) is 24.6 Å². The molecule has 2 aliphatic rings. The Labute approximate surface area is 217 Å². The maximum atomic E-state index is 14.1. The number of anilines is 1. The fourth-order valence-corrected chi connectivity index (χ4v) is 5.01. The largest absolute Gasteiger partial charge is 0.492 e. The molecule has 0 amide bonds. The number of aliphatic carboxylic acids is 1. The molecule has 0 unspecified atom stereocenters. The number of alkyl halides is 2. The van der Waals surface area contributed by atoms with Gasteiger partial charge in [-0.1, -0.05) is 13.8 Å². The second-order valence-electron chi connectivity index (χ2n) is 11.7. The van der Waals surface area contributed by atoms with Crippen molar-refractivity contribution in [2.24, 2.45) is 11.3 Å². The average Bonchev–Trinajstić information content (AvgIpc) is 3.35. The average molecular weight is 518 g/mol. The predicted molar refractivity (Wildman–Crippen MR) is 137 cm³/mol. The maximum Gasteiger partial charge on any atom is 0.337 e. The van der Waals surface area contributed by atoms with Crippen molar-refractivity contribution >= 4 is 11.7 Å². The van der Waals surface area contributed by atoms with Crippen molar-refractivity contribution in [1.29, 1.82) is 0 Å². The number of pyridine rings is 2. The number of carbonyl (C=O) groups is 1. The Hall–Kier alpha value is -2.81. The Balaban J connectivity index is 1.78. The molecule has 1 spiro atoms. The molecule has 37 heavy (non-hydrogen) atoms. The first-order valence-electron chi connectivity index (χ1n) is 12.9. The summed E-state index contributed by atoms with van der Waals surface area (Å²) in [5, 5.41) is 10.2. The molecule has 4 rings (SSSR count). The predicted octanol–water partition coefficient (Wildman–Crippen LogP) is 6.05. The molecular weight excluding hydrogens is 480 g/mol. The second kappa shape index (κ2) is 9.82. The molecule has 1 saturated heterocycles. The van der Waals surface area contributed by atoms with E-state index in [1.165, 1.54) is 0 Å². The van der Waals surface area contributed by atoms with Gasteiger partial charge in [-0.15, -0.1) is 0 Å². The van der Waals surface area contributed by atoms with E-state index in [0.29, 0.717) is 72.4 Å². The highest BCUT2D eigenvalue weighted by atomic mass is 19.3. The zero-order chi connectivity index (χ0) is 27.2. The SMILES string of the molecule is Cc1ncc(-c2ccc(OCC(C)C)cn2)c(N2CCC3(CC2)CC3(F)F)c1[C@H](OC(C)(C)C)C(=O)O. The normalized spacial score (nSPS) is 19.2. The monoisotopic (exact) mass is 517 g/mol. The van der Waals surface area contributed by atoms with Gasteiger partial charge in [-0.05, 0) is 58.6 Å². The fraction of sp³-hybridized carbons (Fsp3) is 0.607. The molecule has 2 fully saturated rings. The number of nitrogens with zero attached hydrogens (tertiary/aromatic N) is 3. The van der Waals surface area contributed by atoms with E-state index >= 15 is 0 Å². The zero-order valence-electron chi connectivity index (χ0n) is 22.5. The number of aryl methyl sites for hydroxylation is 1. The van der Waals surface area contributed by atoms with E-state index in [2.05, 4.69) is 23.8 Å². The van der Waals surface area contributed by atoms with E-state index in [1.54, 1.807) is 40.1 Å². The first kappa shape index (κ1) is 27.2. The lowest BCUT2D eigenvalue weighted by molar-refractivity contribution is -0.160. The van der Waals surface area contributed by atoms with E-state index in [0.717, 1.165) is 0 Å². The standard InChI is InChI=1S/C28H37F2N3O4/c1-17(2)15-36-19-7-8-21(32-13-19)20-14-31-18(3)22(24(25(34)35)37-26(4,5)6)23(20)33-11-9-27(10-12-33)16-28(27,29)30/h7-8,13-14,17,24H,9-12,15-16H2,1-6H3,(H,34,35)/t24-/m0/s1. The minimum Gasteiger partial charge on any atom is -0.492 e. The first-order chi connectivity index (χ1) is 17.2. The van der Waals surface area contributed by atoms with Gasteiger partial charge in [0.05, 0.1) is 29.8 Å². The molecule has 2 aromatic rings. The summed E-state index contributed by atoms with van der Waals surface area (Å²) in [6.07, 6.45) is 2.64. The van der Waals surface area contributed by atoms with Crippen LogP contribution in [0.5, 0.6) is 5.75 Å². The highest BCUT2D eigenvalue weighted by molar-refractivity contribution is 5.85. The number of hydrogen-bond acceptors (Lipinski definition) is 6. The van der Waals surface area contributed by atoms with Crippen molar-refractivity contribution in [3.8, 4) is 17.0 Å². The van der Waals surface area contributed by atoms with Gasteiger partial charge >= 0.3 is 5.97 Å². The molecule has 2 aromatic heterocycles.